The Bertz CT molecular complexity index is 1410. The van der Waals surface area contributed by atoms with E-state index in [0.29, 0.717) is 16.9 Å². The highest BCUT2D eigenvalue weighted by Crippen LogP contribution is 2.37. The van der Waals surface area contributed by atoms with Crippen LogP contribution >= 0.6 is 11.8 Å². The zero-order valence-electron chi connectivity index (χ0n) is 19.8. The molecule has 0 spiro atoms. The number of amides is 2. The van der Waals surface area contributed by atoms with Crippen LogP contribution in [-0.4, -0.2) is 24.9 Å². The number of carbonyl (C=O) groups is 3. The number of nitrogens with one attached hydrogen (secondary N) is 2. The zero-order chi connectivity index (χ0) is 26.2. The van der Waals surface area contributed by atoms with Gasteiger partial charge in [0.25, 0.3) is 5.91 Å². The van der Waals surface area contributed by atoms with Crippen molar-refractivity contribution in [2.45, 2.75) is 10.1 Å². The summed E-state index contributed by atoms with van der Waals surface area (Å²) in [5, 5.41) is 5.00. The molecular weight excluding hydrogens is 491 g/mol. The van der Waals surface area contributed by atoms with E-state index in [2.05, 4.69) is 10.6 Å². The second-order valence-electron chi connectivity index (χ2n) is 7.92. The molecule has 4 aromatic rings. The second-order valence-corrected chi connectivity index (χ2v) is 9.10. The number of esters is 1. The Morgan fingerprint density at radius 1 is 0.811 bits per heavy atom. The van der Waals surface area contributed by atoms with Crippen molar-refractivity contribution in [2.75, 3.05) is 17.7 Å². The first kappa shape index (κ1) is 25.7. The van der Waals surface area contributed by atoms with E-state index in [4.69, 9.17) is 4.74 Å². The molecule has 4 rings (SSSR count). The number of carbonyl (C=O) groups excluding carboxylic acids is 3. The Balaban J connectivity index is 1.56. The minimum atomic E-state index is -0.657. The first-order chi connectivity index (χ1) is 17.9. The average molecular weight is 515 g/mol. The molecule has 4 aromatic carbocycles. The molecule has 1 unspecified atom stereocenters. The Morgan fingerprint density at radius 2 is 1.51 bits per heavy atom. The van der Waals surface area contributed by atoms with Gasteiger partial charge in [-0.3, -0.25) is 9.59 Å². The van der Waals surface area contributed by atoms with Gasteiger partial charge in [0.15, 0.2) is 0 Å². The number of anilines is 2. The normalized spacial score (nSPS) is 11.3. The van der Waals surface area contributed by atoms with Gasteiger partial charge in [0.1, 0.15) is 11.1 Å². The Kier molecular flexibility index (Phi) is 8.33. The largest absolute Gasteiger partial charge is 0.465 e. The molecule has 8 heteroatoms. The predicted octanol–water partition coefficient (Wildman–Crippen LogP) is 6.34. The maximum Gasteiger partial charge on any atom is 0.339 e. The van der Waals surface area contributed by atoms with E-state index in [-0.39, 0.29) is 17.4 Å². The summed E-state index contributed by atoms with van der Waals surface area (Å²) in [6.45, 7) is 0. The molecule has 0 radical (unpaired) electrons. The van der Waals surface area contributed by atoms with Crippen LogP contribution in [0.2, 0.25) is 0 Å². The molecular formula is C29H23FN2O4S. The molecule has 0 saturated heterocycles. The second kappa shape index (κ2) is 12.0. The van der Waals surface area contributed by atoms with E-state index in [9.17, 15) is 18.8 Å². The molecule has 6 nitrogen and oxygen atoms in total. The lowest BCUT2D eigenvalue weighted by Crippen LogP contribution is -2.21. The fourth-order valence-corrected chi connectivity index (χ4v) is 4.65. The molecule has 0 aromatic heterocycles. The van der Waals surface area contributed by atoms with Crippen molar-refractivity contribution >= 4 is 40.9 Å². The van der Waals surface area contributed by atoms with Crippen LogP contribution in [0.3, 0.4) is 0 Å². The van der Waals surface area contributed by atoms with Crippen molar-refractivity contribution in [2.24, 2.45) is 0 Å². The van der Waals surface area contributed by atoms with E-state index in [1.54, 1.807) is 42.5 Å². The number of para-hydroxylation sites is 1. The van der Waals surface area contributed by atoms with Crippen LogP contribution < -0.4 is 10.6 Å². The third kappa shape index (κ3) is 6.62. The van der Waals surface area contributed by atoms with E-state index in [1.807, 2.05) is 36.4 Å². The number of halogens is 1. The summed E-state index contributed by atoms with van der Waals surface area (Å²) in [6, 6.07) is 28.3. The Labute approximate surface area is 217 Å². The van der Waals surface area contributed by atoms with Crippen molar-refractivity contribution in [1.29, 1.82) is 0 Å². The van der Waals surface area contributed by atoms with Gasteiger partial charge in [-0.15, -0.1) is 11.8 Å². The van der Waals surface area contributed by atoms with Crippen LogP contribution in [0.15, 0.2) is 108 Å². The van der Waals surface area contributed by atoms with Crippen LogP contribution in [0.5, 0.6) is 0 Å². The summed E-state index contributed by atoms with van der Waals surface area (Å²) >= 11 is 1.30. The fraction of sp³-hybridized carbons (Fsp3) is 0.0690. The lowest BCUT2D eigenvalue weighted by Gasteiger charge is -2.18. The SMILES string of the molecule is COC(=O)c1ccccc1NC(=O)C(Sc1cccc(NC(=O)c2ccc(F)cc2)c1)c1ccccc1. The van der Waals surface area contributed by atoms with Crippen molar-refractivity contribution in [3.8, 4) is 0 Å². The van der Waals surface area contributed by atoms with Gasteiger partial charge in [-0.25, -0.2) is 9.18 Å². The smallest absolute Gasteiger partial charge is 0.339 e. The highest BCUT2D eigenvalue weighted by atomic mass is 32.2. The standard InChI is InChI=1S/C29H23FN2O4S/c1-36-29(35)24-12-5-6-13-25(24)32-28(34)26(19-8-3-2-4-9-19)37-23-11-7-10-22(18-23)31-27(33)20-14-16-21(30)17-15-20/h2-18,26H,1H3,(H,31,33)(H,32,34). The monoisotopic (exact) mass is 514 g/mol. The van der Waals surface area contributed by atoms with Gasteiger partial charge in [0.2, 0.25) is 5.91 Å². The predicted molar refractivity (Wildman–Crippen MR) is 142 cm³/mol. The lowest BCUT2D eigenvalue weighted by molar-refractivity contribution is -0.115. The molecule has 0 aliphatic carbocycles. The number of rotatable bonds is 8. The first-order valence-electron chi connectivity index (χ1n) is 11.3. The minimum Gasteiger partial charge on any atom is -0.465 e. The Hall–Kier alpha value is -4.43. The van der Waals surface area contributed by atoms with E-state index in [1.165, 1.54) is 43.1 Å². The van der Waals surface area contributed by atoms with E-state index in [0.717, 1.165) is 10.5 Å². The molecule has 186 valence electrons. The van der Waals surface area contributed by atoms with Crippen molar-refractivity contribution in [3.05, 3.63) is 126 Å². The molecule has 0 aliphatic heterocycles. The summed E-state index contributed by atoms with van der Waals surface area (Å²) in [5.74, 6) is -1.67. The number of methoxy groups -OCH3 is 1. The molecule has 0 saturated carbocycles. The maximum atomic E-state index is 13.5. The van der Waals surface area contributed by atoms with Gasteiger partial charge in [-0.2, -0.15) is 0 Å². The zero-order valence-corrected chi connectivity index (χ0v) is 20.6. The van der Waals surface area contributed by atoms with Crippen molar-refractivity contribution < 1.29 is 23.5 Å². The first-order valence-corrected chi connectivity index (χ1v) is 12.2. The van der Waals surface area contributed by atoms with Crippen LogP contribution in [-0.2, 0) is 9.53 Å². The lowest BCUT2D eigenvalue weighted by atomic mass is 10.1. The highest BCUT2D eigenvalue weighted by molar-refractivity contribution is 8.00. The summed E-state index contributed by atoms with van der Waals surface area (Å²) in [7, 11) is 1.28. The van der Waals surface area contributed by atoms with Gasteiger partial charge in [0.05, 0.1) is 18.4 Å². The summed E-state index contributed by atoms with van der Waals surface area (Å²) in [6.07, 6.45) is 0. The third-order valence-electron chi connectivity index (χ3n) is 5.38. The molecule has 2 N–H and O–H groups in total. The van der Waals surface area contributed by atoms with Gasteiger partial charge in [0, 0.05) is 16.1 Å². The molecule has 2 amide bonds. The van der Waals surface area contributed by atoms with Crippen LogP contribution in [0, 0.1) is 5.82 Å². The van der Waals surface area contributed by atoms with Crippen molar-refractivity contribution in [3.63, 3.8) is 0 Å². The quantitative estimate of drug-likeness (QED) is 0.212. The fourth-order valence-electron chi connectivity index (χ4n) is 3.57. The molecule has 0 bridgehead atoms. The summed E-state index contributed by atoms with van der Waals surface area (Å²) in [4.78, 5) is 38.9. The van der Waals surface area contributed by atoms with Crippen molar-refractivity contribution in [1.82, 2.24) is 0 Å². The number of hydrogen-bond acceptors (Lipinski definition) is 5. The average Bonchev–Trinajstić information content (AvgIpc) is 2.92. The van der Waals surface area contributed by atoms with E-state index >= 15 is 0 Å². The van der Waals surface area contributed by atoms with Crippen LogP contribution in [0.1, 0.15) is 31.5 Å². The molecule has 0 aliphatic rings. The number of thioether (sulfide) groups is 1. The molecule has 0 heterocycles. The molecule has 37 heavy (non-hydrogen) atoms. The maximum absolute atomic E-state index is 13.5. The van der Waals surface area contributed by atoms with Crippen LogP contribution in [0.4, 0.5) is 15.8 Å². The topological polar surface area (TPSA) is 84.5 Å². The number of hydrogen-bond donors (Lipinski definition) is 2. The van der Waals surface area contributed by atoms with Gasteiger partial charge in [-0.05, 0) is 60.2 Å². The summed E-state index contributed by atoms with van der Waals surface area (Å²) in [5.41, 5.74) is 2.22. The van der Waals surface area contributed by atoms with Gasteiger partial charge >= 0.3 is 5.97 Å². The molecule has 1 atom stereocenters. The van der Waals surface area contributed by atoms with E-state index < -0.39 is 17.0 Å². The summed E-state index contributed by atoms with van der Waals surface area (Å²) < 4.78 is 18.0. The number of ether oxygens (including phenoxy) is 1. The van der Waals surface area contributed by atoms with Gasteiger partial charge < -0.3 is 15.4 Å². The highest BCUT2D eigenvalue weighted by Gasteiger charge is 2.24. The Morgan fingerprint density at radius 3 is 2.24 bits per heavy atom. The number of benzene rings is 4. The van der Waals surface area contributed by atoms with Crippen LogP contribution in [0.25, 0.3) is 0 Å². The third-order valence-corrected chi connectivity index (χ3v) is 6.63. The molecule has 0 fully saturated rings. The van der Waals surface area contributed by atoms with Gasteiger partial charge in [-0.1, -0.05) is 48.5 Å². The minimum absolute atomic E-state index is 0.251.